The molecule has 0 N–H and O–H groups in total. The summed E-state index contributed by atoms with van der Waals surface area (Å²) in [7, 11) is 2.69. The number of hydrogen-bond acceptors (Lipinski definition) is 6. The highest BCUT2D eigenvalue weighted by molar-refractivity contribution is 6.15. The van der Waals surface area contributed by atoms with E-state index in [1.54, 1.807) is 24.3 Å². The molecular weight excluding hydrogens is 360 g/mol. The summed E-state index contributed by atoms with van der Waals surface area (Å²) in [5.41, 5.74) is 3.43. The fraction of sp³-hybridized carbons (Fsp3) is 0.0909. The number of carbonyl (C=O) groups excluding carboxylic acids is 2. The normalized spacial score (nSPS) is 11.5. The molecule has 0 radical (unpaired) electrons. The van der Waals surface area contributed by atoms with Crippen molar-refractivity contribution in [3.05, 3.63) is 59.7 Å². The molecule has 5 rings (SSSR count). The Bertz CT molecular complexity index is 1310. The maximum atomic E-state index is 11.8. The molecule has 0 fully saturated rings. The first-order valence-corrected chi connectivity index (χ1v) is 8.58. The predicted octanol–water partition coefficient (Wildman–Crippen LogP) is 5.06. The molecule has 6 heteroatoms. The Morgan fingerprint density at radius 3 is 1.39 bits per heavy atom. The lowest BCUT2D eigenvalue weighted by Gasteiger charge is -1.97. The van der Waals surface area contributed by atoms with Gasteiger partial charge in [-0.2, -0.15) is 0 Å². The van der Waals surface area contributed by atoms with Crippen molar-refractivity contribution in [1.29, 1.82) is 0 Å². The standard InChI is InChI=1S/C22H14O6/c1-25-21(23)11-3-5-13-15-9-20-16(10-19(15)27-17(13)7-11)14-6-4-12(22(24)26-2)8-18(14)28-20/h3-10H,1-2H3. The number of furan rings is 2. The van der Waals surface area contributed by atoms with Crippen LogP contribution in [0.2, 0.25) is 0 Å². The minimum Gasteiger partial charge on any atom is -0.465 e. The van der Waals surface area contributed by atoms with Gasteiger partial charge in [-0.05, 0) is 48.5 Å². The lowest BCUT2D eigenvalue weighted by atomic mass is 10.1. The van der Waals surface area contributed by atoms with Crippen LogP contribution in [0.1, 0.15) is 20.7 Å². The highest BCUT2D eigenvalue weighted by Crippen LogP contribution is 2.37. The summed E-state index contributed by atoms with van der Waals surface area (Å²) < 4.78 is 21.5. The third-order valence-corrected chi connectivity index (χ3v) is 4.91. The van der Waals surface area contributed by atoms with Crippen LogP contribution in [-0.2, 0) is 9.47 Å². The van der Waals surface area contributed by atoms with E-state index in [0.29, 0.717) is 33.5 Å². The van der Waals surface area contributed by atoms with Crippen molar-refractivity contribution in [1.82, 2.24) is 0 Å². The van der Waals surface area contributed by atoms with Crippen LogP contribution in [0, 0.1) is 0 Å². The van der Waals surface area contributed by atoms with Crippen molar-refractivity contribution in [2.75, 3.05) is 14.2 Å². The van der Waals surface area contributed by atoms with E-state index in [0.717, 1.165) is 21.5 Å². The minimum atomic E-state index is -0.413. The Morgan fingerprint density at radius 1 is 0.607 bits per heavy atom. The van der Waals surface area contributed by atoms with Gasteiger partial charge in [0.2, 0.25) is 0 Å². The molecular formula is C22H14O6. The first-order valence-electron chi connectivity index (χ1n) is 8.58. The summed E-state index contributed by atoms with van der Waals surface area (Å²) in [4.78, 5) is 23.5. The Kier molecular flexibility index (Phi) is 3.42. The molecule has 0 amide bonds. The summed E-state index contributed by atoms with van der Waals surface area (Å²) in [5.74, 6) is -0.827. The van der Waals surface area contributed by atoms with Crippen molar-refractivity contribution in [3.63, 3.8) is 0 Å². The third-order valence-electron chi connectivity index (χ3n) is 4.91. The number of methoxy groups -OCH3 is 2. The van der Waals surface area contributed by atoms with Gasteiger partial charge >= 0.3 is 11.9 Å². The summed E-state index contributed by atoms with van der Waals surface area (Å²) in [6.45, 7) is 0. The zero-order valence-corrected chi connectivity index (χ0v) is 15.1. The van der Waals surface area contributed by atoms with Crippen molar-refractivity contribution in [2.45, 2.75) is 0 Å². The van der Waals surface area contributed by atoms with E-state index in [-0.39, 0.29) is 0 Å². The largest absolute Gasteiger partial charge is 0.465 e. The second-order valence-electron chi connectivity index (χ2n) is 6.45. The molecule has 3 aromatic carbocycles. The van der Waals surface area contributed by atoms with E-state index < -0.39 is 11.9 Å². The van der Waals surface area contributed by atoms with Crippen LogP contribution in [0.15, 0.2) is 57.4 Å². The van der Waals surface area contributed by atoms with Gasteiger partial charge in [-0.1, -0.05) is 0 Å². The molecule has 138 valence electrons. The lowest BCUT2D eigenvalue weighted by Crippen LogP contribution is -1.99. The fourth-order valence-electron chi connectivity index (χ4n) is 3.53. The fourth-order valence-corrected chi connectivity index (χ4v) is 3.53. The van der Waals surface area contributed by atoms with E-state index >= 15 is 0 Å². The van der Waals surface area contributed by atoms with Crippen molar-refractivity contribution >= 4 is 55.8 Å². The second kappa shape index (κ2) is 5.85. The van der Waals surface area contributed by atoms with Crippen molar-refractivity contribution < 1.29 is 27.9 Å². The van der Waals surface area contributed by atoms with E-state index in [2.05, 4.69) is 0 Å². The lowest BCUT2D eigenvalue weighted by molar-refractivity contribution is 0.0592. The monoisotopic (exact) mass is 374 g/mol. The molecule has 6 nitrogen and oxygen atoms in total. The van der Waals surface area contributed by atoms with Crippen LogP contribution in [0.3, 0.4) is 0 Å². The molecule has 0 saturated heterocycles. The molecule has 0 spiro atoms. The van der Waals surface area contributed by atoms with Crippen LogP contribution < -0.4 is 0 Å². The average molecular weight is 374 g/mol. The quantitative estimate of drug-likeness (QED) is 0.402. The van der Waals surface area contributed by atoms with Gasteiger partial charge in [0.1, 0.15) is 22.3 Å². The zero-order valence-electron chi connectivity index (χ0n) is 15.1. The average Bonchev–Trinajstić information content (AvgIpc) is 3.26. The number of rotatable bonds is 2. The molecule has 5 aromatic rings. The number of carbonyl (C=O) groups is 2. The van der Waals surface area contributed by atoms with E-state index in [4.69, 9.17) is 18.3 Å². The third kappa shape index (κ3) is 2.28. The van der Waals surface area contributed by atoms with Crippen molar-refractivity contribution in [3.8, 4) is 0 Å². The van der Waals surface area contributed by atoms with E-state index in [1.807, 2.05) is 24.3 Å². The number of benzene rings is 3. The number of fused-ring (bicyclic) bond motifs is 6. The van der Waals surface area contributed by atoms with Gasteiger partial charge in [-0.15, -0.1) is 0 Å². The zero-order chi connectivity index (χ0) is 19.4. The van der Waals surface area contributed by atoms with E-state index in [9.17, 15) is 9.59 Å². The molecule has 2 heterocycles. The predicted molar refractivity (Wildman–Crippen MR) is 104 cm³/mol. The summed E-state index contributed by atoms with van der Waals surface area (Å²) in [6.07, 6.45) is 0. The van der Waals surface area contributed by atoms with Gasteiger partial charge in [0, 0.05) is 21.5 Å². The van der Waals surface area contributed by atoms with Gasteiger partial charge in [0.25, 0.3) is 0 Å². The molecule has 0 aliphatic heterocycles. The van der Waals surface area contributed by atoms with Gasteiger partial charge < -0.3 is 18.3 Å². The highest BCUT2D eigenvalue weighted by atomic mass is 16.5. The smallest absolute Gasteiger partial charge is 0.337 e. The maximum Gasteiger partial charge on any atom is 0.337 e. The Labute approximate surface area is 158 Å². The van der Waals surface area contributed by atoms with Crippen LogP contribution in [0.5, 0.6) is 0 Å². The van der Waals surface area contributed by atoms with Gasteiger partial charge in [0.05, 0.1) is 25.3 Å². The Morgan fingerprint density at radius 2 is 1.00 bits per heavy atom. The van der Waals surface area contributed by atoms with Gasteiger partial charge in [-0.3, -0.25) is 0 Å². The first kappa shape index (κ1) is 16.4. The Balaban J connectivity index is 1.75. The minimum absolute atomic E-state index is 0.413. The van der Waals surface area contributed by atoms with Crippen molar-refractivity contribution in [2.24, 2.45) is 0 Å². The SMILES string of the molecule is COC(=O)c1ccc2c(c1)oc1cc3c(cc12)oc1cc(C(=O)OC)ccc13. The topological polar surface area (TPSA) is 78.9 Å². The van der Waals surface area contributed by atoms with E-state index in [1.165, 1.54) is 14.2 Å². The molecule has 2 aromatic heterocycles. The molecule has 0 aliphatic rings. The molecule has 0 saturated carbocycles. The number of hydrogen-bond donors (Lipinski definition) is 0. The molecule has 0 atom stereocenters. The highest BCUT2D eigenvalue weighted by Gasteiger charge is 2.16. The van der Waals surface area contributed by atoms with Crippen LogP contribution >= 0.6 is 0 Å². The summed E-state index contributed by atoms with van der Waals surface area (Å²) >= 11 is 0. The first-order chi connectivity index (χ1) is 13.6. The summed E-state index contributed by atoms with van der Waals surface area (Å²) in [5, 5.41) is 3.51. The van der Waals surface area contributed by atoms with Crippen LogP contribution in [0.25, 0.3) is 43.9 Å². The molecule has 0 aliphatic carbocycles. The van der Waals surface area contributed by atoms with Gasteiger partial charge in [-0.25, -0.2) is 9.59 Å². The maximum absolute atomic E-state index is 11.8. The van der Waals surface area contributed by atoms with Gasteiger partial charge in [0.15, 0.2) is 0 Å². The number of esters is 2. The van der Waals surface area contributed by atoms with Crippen LogP contribution in [-0.4, -0.2) is 26.2 Å². The molecule has 28 heavy (non-hydrogen) atoms. The number of ether oxygens (including phenoxy) is 2. The van der Waals surface area contributed by atoms with Crippen LogP contribution in [0.4, 0.5) is 0 Å². The molecule has 0 bridgehead atoms. The molecule has 0 unspecified atom stereocenters. The Hall–Kier alpha value is -3.80. The summed E-state index contributed by atoms with van der Waals surface area (Å²) in [6, 6.07) is 14.2. The second-order valence-corrected chi connectivity index (χ2v) is 6.45.